The Morgan fingerprint density at radius 1 is 1.09 bits per heavy atom. The second-order valence-electron chi connectivity index (χ2n) is 6.53. The summed E-state index contributed by atoms with van der Waals surface area (Å²) < 4.78 is 5.45. The monoisotopic (exact) mass is 329 g/mol. The first kappa shape index (κ1) is 16.2. The third kappa shape index (κ3) is 3.48. The van der Waals surface area contributed by atoms with Crippen molar-refractivity contribution in [3.8, 4) is 5.75 Å². The van der Waals surface area contributed by atoms with Gasteiger partial charge in [-0.05, 0) is 24.3 Å². The highest BCUT2D eigenvalue weighted by molar-refractivity contribution is 7.99. The summed E-state index contributed by atoms with van der Waals surface area (Å²) in [6.45, 7) is 4.51. The van der Waals surface area contributed by atoms with E-state index >= 15 is 0 Å². The number of rotatable bonds is 5. The second-order valence-corrected chi connectivity index (χ2v) is 7.61. The molecule has 0 spiro atoms. The summed E-state index contributed by atoms with van der Waals surface area (Å²) in [5.41, 5.74) is 2.56. The highest BCUT2D eigenvalue weighted by Gasteiger charge is 2.25. The topological polar surface area (TPSA) is 16.9 Å². The zero-order chi connectivity index (χ0) is 16.4. The van der Waals surface area contributed by atoms with Gasteiger partial charge in [0.2, 0.25) is 0 Å². The maximum Gasteiger partial charge on any atom is 0.121 e. The van der Waals surface area contributed by atoms with Gasteiger partial charge in [-0.2, -0.15) is 0 Å². The SMILES string of the molecule is COc1ccc2c(c1)N(C[C@@H](C)C[NH+](C)C)c1ccccc1S2. The van der Waals surface area contributed by atoms with Crippen LogP contribution < -0.4 is 14.5 Å². The highest BCUT2D eigenvalue weighted by Crippen LogP contribution is 2.49. The van der Waals surface area contributed by atoms with Crippen LogP contribution in [0.4, 0.5) is 11.4 Å². The Kier molecular flexibility index (Phi) is 4.83. The molecule has 23 heavy (non-hydrogen) atoms. The second kappa shape index (κ2) is 6.85. The van der Waals surface area contributed by atoms with Crippen LogP contribution in [0.25, 0.3) is 0 Å². The molecule has 122 valence electrons. The number of para-hydroxylation sites is 1. The molecule has 1 N–H and O–H groups in total. The number of benzene rings is 2. The maximum atomic E-state index is 5.45. The summed E-state index contributed by atoms with van der Waals surface area (Å²) in [7, 11) is 6.16. The van der Waals surface area contributed by atoms with Crippen LogP contribution in [0.5, 0.6) is 5.75 Å². The number of fused-ring (bicyclic) bond motifs is 2. The lowest BCUT2D eigenvalue weighted by Crippen LogP contribution is -3.06. The van der Waals surface area contributed by atoms with Crippen LogP contribution in [0.1, 0.15) is 6.92 Å². The number of ether oxygens (including phenoxy) is 1. The minimum absolute atomic E-state index is 0.607. The van der Waals surface area contributed by atoms with E-state index < -0.39 is 0 Å². The minimum atomic E-state index is 0.607. The molecular formula is C19H25N2OS+. The molecule has 3 rings (SSSR count). The molecule has 0 radical (unpaired) electrons. The van der Waals surface area contributed by atoms with E-state index in [9.17, 15) is 0 Å². The van der Waals surface area contributed by atoms with Crippen molar-refractivity contribution in [2.45, 2.75) is 16.7 Å². The Hall–Kier alpha value is -1.65. The van der Waals surface area contributed by atoms with E-state index in [1.165, 1.54) is 26.1 Å². The molecule has 0 saturated heterocycles. The molecule has 0 fully saturated rings. The lowest BCUT2D eigenvalue weighted by Gasteiger charge is -2.34. The van der Waals surface area contributed by atoms with Gasteiger partial charge in [0.05, 0.1) is 39.1 Å². The first-order valence-corrected chi connectivity index (χ1v) is 8.91. The molecule has 0 aliphatic carbocycles. The van der Waals surface area contributed by atoms with Crippen LogP contribution in [-0.2, 0) is 0 Å². The van der Waals surface area contributed by atoms with Gasteiger partial charge in [0.25, 0.3) is 0 Å². The molecular weight excluding hydrogens is 304 g/mol. The summed E-state index contributed by atoms with van der Waals surface area (Å²) in [6, 6.07) is 15.1. The molecule has 1 heterocycles. The summed E-state index contributed by atoms with van der Waals surface area (Å²) in [6.07, 6.45) is 0. The van der Waals surface area contributed by atoms with Gasteiger partial charge in [0.15, 0.2) is 0 Å². The number of hydrogen-bond acceptors (Lipinski definition) is 3. The van der Waals surface area contributed by atoms with Gasteiger partial charge >= 0.3 is 0 Å². The van der Waals surface area contributed by atoms with Crippen LogP contribution in [0.3, 0.4) is 0 Å². The number of quaternary nitrogens is 1. The van der Waals surface area contributed by atoms with E-state index in [-0.39, 0.29) is 0 Å². The Morgan fingerprint density at radius 3 is 2.57 bits per heavy atom. The van der Waals surface area contributed by atoms with Crippen molar-refractivity contribution < 1.29 is 9.64 Å². The van der Waals surface area contributed by atoms with Gasteiger partial charge in [-0.1, -0.05) is 30.8 Å². The molecule has 2 aromatic rings. The van der Waals surface area contributed by atoms with Crippen LogP contribution in [0, 0.1) is 5.92 Å². The number of nitrogens with zero attached hydrogens (tertiary/aromatic N) is 1. The molecule has 0 aromatic heterocycles. The zero-order valence-electron chi connectivity index (χ0n) is 14.3. The van der Waals surface area contributed by atoms with Crippen LogP contribution in [-0.4, -0.2) is 34.3 Å². The van der Waals surface area contributed by atoms with E-state index in [4.69, 9.17) is 4.74 Å². The molecule has 0 amide bonds. The van der Waals surface area contributed by atoms with Crippen molar-refractivity contribution in [3.63, 3.8) is 0 Å². The fourth-order valence-electron chi connectivity index (χ4n) is 3.21. The van der Waals surface area contributed by atoms with E-state index in [0.29, 0.717) is 5.92 Å². The molecule has 1 aliphatic rings. The molecule has 1 aliphatic heterocycles. The molecule has 4 heteroatoms. The van der Waals surface area contributed by atoms with Crippen molar-refractivity contribution >= 4 is 23.1 Å². The molecule has 3 nitrogen and oxygen atoms in total. The summed E-state index contributed by atoms with van der Waals surface area (Å²) in [5.74, 6) is 1.52. The van der Waals surface area contributed by atoms with Crippen molar-refractivity contribution in [2.24, 2.45) is 5.92 Å². The third-order valence-corrected chi connectivity index (χ3v) is 5.21. The van der Waals surface area contributed by atoms with E-state index in [2.05, 4.69) is 62.3 Å². The van der Waals surface area contributed by atoms with Gasteiger partial charge in [-0.15, -0.1) is 0 Å². The lowest BCUT2D eigenvalue weighted by molar-refractivity contribution is -0.861. The van der Waals surface area contributed by atoms with E-state index in [1.807, 2.05) is 17.8 Å². The fourth-order valence-corrected chi connectivity index (χ4v) is 4.28. The average molecular weight is 329 g/mol. The Bertz CT molecular complexity index is 687. The molecule has 2 aromatic carbocycles. The summed E-state index contributed by atoms with van der Waals surface area (Å²) >= 11 is 1.84. The normalized spacial score (nSPS) is 14.4. The minimum Gasteiger partial charge on any atom is -0.497 e. The number of hydrogen-bond donors (Lipinski definition) is 1. The smallest absolute Gasteiger partial charge is 0.121 e. The van der Waals surface area contributed by atoms with Crippen molar-refractivity contribution in [3.05, 3.63) is 42.5 Å². The largest absolute Gasteiger partial charge is 0.497 e. The Labute approximate surface area is 143 Å². The van der Waals surface area contributed by atoms with Crippen LogP contribution in [0.15, 0.2) is 52.3 Å². The summed E-state index contributed by atoms with van der Waals surface area (Å²) in [4.78, 5) is 6.57. The zero-order valence-corrected chi connectivity index (χ0v) is 15.1. The van der Waals surface area contributed by atoms with Gasteiger partial charge in [0.1, 0.15) is 5.75 Å². The van der Waals surface area contributed by atoms with Gasteiger partial charge in [0, 0.05) is 28.3 Å². The predicted octanol–water partition coefficient (Wildman–Crippen LogP) is 3.08. The maximum absolute atomic E-state index is 5.45. The number of methoxy groups -OCH3 is 1. The van der Waals surface area contributed by atoms with Crippen LogP contribution >= 0.6 is 11.8 Å². The van der Waals surface area contributed by atoms with Crippen molar-refractivity contribution in [1.29, 1.82) is 0 Å². The predicted molar refractivity (Wildman–Crippen MR) is 97.4 cm³/mol. The molecule has 1 atom stereocenters. The molecule has 0 saturated carbocycles. The molecule has 0 bridgehead atoms. The van der Waals surface area contributed by atoms with E-state index in [0.717, 1.165) is 18.8 Å². The number of anilines is 2. The van der Waals surface area contributed by atoms with Crippen molar-refractivity contribution in [2.75, 3.05) is 39.2 Å². The molecule has 0 unspecified atom stereocenters. The van der Waals surface area contributed by atoms with Crippen molar-refractivity contribution in [1.82, 2.24) is 0 Å². The lowest BCUT2D eigenvalue weighted by atomic mass is 10.1. The third-order valence-electron chi connectivity index (χ3n) is 4.08. The van der Waals surface area contributed by atoms with Gasteiger partial charge in [-0.3, -0.25) is 0 Å². The fraction of sp³-hybridized carbons (Fsp3) is 0.368. The Balaban J connectivity index is 1.99. The first-order chi connectivity index (χ1) is 11.1. The van der Waals surface area contributed by atoms with Gasteiger partial charge < -0.3 is 14.5 Å². The average Bonchev–Trinajstić information content (AvgIpc) is 2.53. The van der Waals surface area contributed by atoms with E-state index in [1.54, 1.807) is 7.11 Å². The first-order valence-electron chi connectivity index (χ1n) is 8.10. The standard InChI is InChI=1S/C19H24N2OS/c1-14(12-20(2)3)13-21-16-7-5-6-8-18(16)23-19-10-9-15(22-4)11-17(19)21/h5-11,14H,12-13H2,1-4H3/p+1/t14-/m0/s1. The highest BCUT2D eigenvalue weighted by atomic mass is 32.2. The summed E-state index contributed by atoms with van der Waals surface area (Å²) in [5, 5.41) is 0. The quantitative estimate of drug-likeness (QED) is 0.908. The Morgan fingerprint density at radius 2 is 1.83 bits per heavy atom. The van der Waals surface area contributed by atoms with Gasteiger partial charge in [-0.25, -0.2) is 0 Å². The number of nitrogens with one attached hydrogen (secondary N) is 1. The van der Waals surface area contributed by atoms with Crippen LogP contribution in [0.2, 0.25) is 0 Å².